The van der Waals surface area contributed by atoms with Gasteiger partial charge in [-0.15, -0.1) is 0 Å². The van der Waals surface area contributed by atoms with Crippen LogP contribution in [0.25, 0.3) is 0 Å². The molecule has 0 aliphatic rings. The van der Waals surface area contributed by atoms with E-state index in [-0.39, 0.29) is 36.7 Å². The Kier molecular flexibility index (Phi) is 8.59. The van der Waals surface area contributed by atoms with Crippen LogP contribution >= 0.6 is 0 Å². The topological polar surface area (TPSA) is 92.7 Å². The molecule has 6 heteroatoms. The maximum Gasteiger partial charge on any atom is 0.326 e. The molecular formula is C14H25NO5. The molecule has 1 amide bonds. The number of amides is 1. The van der Waals surface area contributed by atoms with E-state index in [9.17, 15) is 14.4 Å². The third kappa shape index (κ3) is 8.50. The molecule has 0 aliphatic carbocycles. The molecule has 6 nitrogen and oxygen atoms in total. The zero-order chi connectivity index (χ0) is 15.7. The number of carbonyl (C=O) groups excluding carboxylic acids is 2. The van der Waals surface area contributed by atoms with E-state index in [1.807, 2.05) is 0 Å². The lowest BCUT2D eigenvalue weighted by atomic mass is 10.0. The van der Waals surface area contributed by atoms with Crippen molar-refractivity contribution >= 4 is 17.8 Å². The van der Waals surface area contributed by atoms with Gasteiger partial charge in [0.1, 0.15) is 6.04 Å². The minimum atomic E-state index is -1.03. The van der Waals surface area contributed by atoms with Gasteiger partial charge in [-0.25, -0.2) is 4.79 Å². The number of hydrogen-bond donors (Lipinski definition) is 2. The summed E-state index contributed by atoms with van der Waals surface area (Å²) in [5.74, 6) is -1.78. The molecule has 0 fully saturated rings. The van der Waals surface area contributed by atoms with Crippen molar-refractivity contribution in [2.75, 3.05) is 0 Å². The number of nitrogens with one attached hydrogen (secondary N) is 1. The van der Waals surface area contributed by atoms with E-state index in [2.05, 4.69) is 5.32 Å². The van der Waals surface area contributed by atoms with Crippen LogP contribution in [0.4, 0.5) is 0 Å². The molecule has 20 heavy (non-hydrogen) atoms. The van der Waals surface area contributed by atoms with Crippen LogP contribution in [0.1, 0.15) is 53.4 Å². The molecule has 0 saturated heterocycles. The van der Waals surface area contributed by atoms with E-state index in [0.717, 1.165) is 0 Å². The minimum Gasteiger partial charge on any atom is -0.480 e. The fourth-order valence-electron chi connectivity index (χ4n) is 1.64. The zero-order valence-electron chi connectivity index (χ0n) is 12.6. The van der Waals surface area contributed by atoms with E-state index in [0.29, 0.717) is 12.8 Å². The average Bonchev–Trinajstić information content (AvgIpc) is 2.30. The standard InChI is InChI=1S/C14H25NO5/c1-9(2)13(14(18)19)15-11(16)7-5-6-8-12(17)20-10(3)4/h9-10,13H,5-8H2,1-4H3,(H,15,16)(H,18,19). The third-order valence-electron chi connectivity index (χ3n) is 2.65. The van der Waals surface area contributed by atoms with Crippen molar-refractivity contribution in [3.05, 3.63) is 0 Å². The number of carboxylic acid groups (broad SMARTS) is 1. The lowest BCUT2D eigenvalue weighted by Crippen LogP contribution is -2.44. The van der Waals surface area contributed by atoms with Crippen molar-refractivity contribution < 1.29 is 24.2 Å². The van der Waals surface area contributed by atoms with Gasteiger partial charge in [0.05, 0.1) is 6.10 Å². The van der Waals surface area contributed by atoms with Gasteiger partial charge in [-0.3, -0.25) is 9.59 Å². The summed E-state index contributed by atoms with van der Waals surface area (Å²) in [5, 5.41) is 11.4. The SMILES string of the molecule is CC(C)OC(=O)CCCCC(=O)NC(C(=O)O)C(C)C. The smallest absolute Gasteiger partial charge is 0.326 e. The molecule has 116 valence electrons. The number of hydrogen-bond acceptors (Lipinski definition) is 4. The predicted octanol–water partition coefficient (Wildman–Crippen LogP) is 1.72. The van der Waals surface area contributed by atoms with Gasteiger partial charge in [-0.2, -0.15) is 0 Å². The van der Waals surface area contributed by atoms with E-state index in [4.69, 9.17) is 9.84 Å². The Hall–Kier alpha value is -1.59. The normalized spacial score (nSPS) is 12.3. The van der Waals surface area contributed by atoms with Crippen molar-refractivity contribution in [1.29, 1.82) is 0 Å². The monoisotopic (exact) mass is 287 g/mol. The summed E-state index contributed by atoms with van der Waals surface area (Å²) >= 11 is 0. The van der Waals surface area contributed by atoms with Crippen LogP contribution in [-0.2, 0) is 19.1 Å². The summed E-state index contributed by atoms with van der Waals surface area (Å²) in [6.45, 7) is 7.04. The van der Waals surface area contributed by atoms with E-state index >= 15 is 0 Å². The van der Waals surface area contributed by atoms with Gasteiger partial charge in [-0.05, 0) is 32.6 Å². The van der Waals surface area contributed by atoms with E-state index in [1.165, 1.54) is 0 Å². The van der Waals surface area contributed by atoms with Gasteiger partial charge >= 0.3 is 11.9 Å². The molecule has 1 unspecified atom stereocenters. The van der Waals surface area contributed by atoms with Gasteiger partial charge in [0.25, 0.3) is 0 Å². The first-order valence-corrected chi connectivity index (χ1v) is 6.95. The van der Waals surface area contributed by atoms with E-state index in [1.54, 1.807) is 27.7 Å². The van der Waals surface area contributed by atoms with Crippen molar-refractivity contribution in [3.8, 4) is 0 Å². The molecular weight excluding hydrogens is 262 g/mol. The van der Waals surface area contributed by atoms with Crippen molar-refractivity contribution in [3.63, 3.8) is 0 Å². The Morgan fingerprint density at radius 3 is 2.05 bits per heavy atom. The summed E-state index contributed by atoms with van der Waals surface area (Å²) < 4.78 is 4.97. The van der Waals surface area contributed by atoms with Gasteiger partial charge in [0.2, 0.25) is 5.91 Å². The number of rotatable bonds is 9. The Balaban J connectivity index is 3.89. The van der Waals surface area contributed by atoms with Gasteiger partial charge in [-0.1, -0.05) is 13.8 Å². The molecule has 0 heterocycles. The summed E-state index contributed by atoms with van der Waals surface area (Å²) in [6, 6.07) is -0.867. The van der Waals surface area contributed by atoms with Crippen molar-refractivity contribution in [2.24, 2.45) is 5.92 Å². The Morgan fingerprint density at radius 1 is 1.05 bits per heavy atom. The van der Waals surface area contributed by atoms with Gasteiger partial charge in [0, 0.05) is 12.8 Å². The first-order valence-electron chi connectivity index (χ1n) is 6.95. The number of aliphatic carboxylic acids is 1. The van der Waals surface area contributed by atoms with Crippen LogP contribution in [0, 0.1) is 5.92 Å². The number of carboxylic acids is 1. The van der Waals surface area contributed by atoms with Crippen LogP contribution in [0.2, 0.25) is 0 Å². The lowest BCUT2D eigenvalue weighted by Gasteiger charge is -2.17. The fraction of sp³-hybridized carbons (Fsp3) is 0.786. The first kappa shape index (κ1) is 18.4. The molecule has 1 atom stereocenters. The van der Waals surface area contributed by atoms with Gasteiger partial charge in [0.15, 0.2) is 0 Å². The summed E-state index contributed by atoms with van der Waals surface area (Å²) in [5.41, 5.74) is 0. The van der Waals surface area contributed by atoms with Crippen LogP contribution in [0.15, 0.2) is 0 Å². The molecule has 0 rings (SSSR count). The number of ether oxygens (including phenoxy) is 1. The molecule has 0 aromatic carbocycles. The molecule has 0 aromatic heterocycles. The highest BCUT2D eigenvalue weighted by atomic mass is 16.5. The Bertz CT molecular complexity index is 338. The number of carbonyl (C=O) groups is 3. The number of unbranched alkanes of at least 4 members (excludes halogenated alkanes) is 1. The Labute approximate surface area is 119 Å². The first-order chi connectivity index (χ1) is 9.23. The van der Waals surface area contributed by atoms with Crippen molar-refractivity contribution in [2.45, 2.75) is 65.5 Å². The molecule has 2 N–H and O–H groups in total. The van der Waals surface area contributed by atoms with E-state index < -0.39 is 12.0 Å². The second-order valence-corrected chi connectivity index (χ2v) is 5.37. The zero-order valence-corrected chi connectivity index (χ0v) is 12.6. The molecule has 0 aliphatic heterocycles. The van der Waals surface area contributed by atoms with Crippen LogP contribution in [0.5, 0.6) is 0 Å². The number of esters is 1. The predicted molar refractivity (Wildman–Crippen MR) is 74.1 cm³/mol. The summed E-state index contributed by atoms with van der Waals surface area (Å²) in [7, 11) is 0. The quantitative estimate of drug-likeness (QED) is 0.497. The van der Waals surface area contributed by atoms with Gasteiger partial charge < -0.3 is 15.2 Å². The highest BCUT2D eigenvalue weighted by Crippen LogP contribution is 2.06. The second-order valence-electron chi connectivity index (χ2n) is 5.37. The van der Waals surface area contributed by atoms with Crippen LogP contribution in [0.3, 0.4) is 0 Å². The third-order valence-corrected chi connectivity index (χ3v) is 2.65. The molecule has 0 bridgehead atoms. The molecule has 0 radical (unpaired) electrons. The molecule has 0 aromatic rings. The summed E-state index contributed by atoms with van der Waals surface area (Å²) in [6.07, 6.45) is 1.44. The van der Waals surface area contributed by atoms with Crippen molar-refractivity contribution in [1.82, 2.24) is 5.32 Å². The highest BCUT2D eigenvalue weighted by molar-refractivity contribution is 5.83. The minimum absolute atomic E-state index is 0.131. The lowest BCUT2D eigenvalue weighted by molar-refractivity contribution is -0.147. The molecule has 0 saturated carbocycles. The maximum atomic E-state index is 11.6. The maximum absolute atomic E-state index is 11.6. The Morgan fingerprint density at radius 2 is 1.60 bits per heavy atom. The fourth-order valence-corrected chi connectivity index (χ4v) is 1.64. The molecule has 0 spiro atoms. The largest absolute Gasteiger partial charge is 0.480 e. The van der Waals surface area contributed by atoms with Crippen LogP contribution < -0.4 is 5.32 Å². The second kappa shape index (κ2) is 9.34. The summed E-state index contributed by atoms with van der Waals surface area (Å²) in [4.78, 5) is 33.8. The average molecular weight is 287 g/mol. The highest BCUT2D eigenvalue weighted by Gasteiger charge is 2.22. The van der Waals surface area contributed by atoms with Crippen LogP contribution in [-0.4, -0.2) is 35.1 Å².